The van der Waals surface area contributed by atoms with Gasteiger partial charge < -0.3 is 0 Å². The summed E-state index contributed by atoms with van der Waals surface area (Å²) in [5, 5.41) is 0. The lowest BCUT2D eigenvalue weighted by molar-refractivity contribution is -0.118. The Morgan fingerprint density at radius 3 is 1.26 bits per heavy atom. The van der Waals surface area contributed by atoms with Crippen molar-refractivity contribution < 1.29 is 19.2 Å². The second-order valence-electron chi connectivity index (χ2n) is 9.71. The van der Waals surface area contributed by atoms with Crippen molar-refractivity contribution in [3.63, 3.8) is 0 Å². The molecule has 1 aromatic carbocycles. The minimum Gasteiger partial charge on any atom is -0.294 e. The van der Waals surface area contributed by atoms with Gasteiger partial charge in [-0.3, -0.25) is 19.2 Å². The fourth-order valence-corrected chi connectivity index (χ4v) is 4.54. The molecule has 0 saturated heterocycles. The van der Waals surface area contributed by atoms with E-state index in [9.17, 15) is 19.2 Å². The molecule has 2 aliphatic carbocycles. The number of hydrogen-bond donors (Lipinski definition) is 0. The highest BCUT2D eigenvalue weighted by Crippen LogP contribution is 2.39. The average molecular weight is 455 g/mol. The Morgan fingerprint density at radius 1 is 0.676 bits per heavy atom. The normalized spacial score (nSPS) is 16.7. The summed E-state index contributed by atoms with van der Waals surface area (Å²) in [5.74, 6) is -0.598. The summed E-state index contributed by atoms with van der Waals surface area (Å²) in [6.07, 6.45) is 9.49. The topological polar surface area (TPSA) is 68.3 Å². The fraction of sp³-hybridized carbons (Fsp3) is 0.267. The van der Waals surface area contributed by atoms with E-state index < -0.39 is 10.8 Å². The van der Waals surface area contributed by atoms with Crippen molar-refractivity contribution in [2.24, 2.45) is 0 Å². The van der Waals surface area contributed by atoms with Crippen LogP contribution in [0.25, 0.3) is 0 Å². The predicted octanol–water partition coefficient (Wildman–Crippen LogP) is 5.40. The Bertz CT molecular complexity index is 1130. The van der Waals surface area contributed by atoms with Crippen molar-refractivity contribution in [2.45, 2.75) is 51.4 Å². The van der Waals surface area contributed by atoms with Crippen LogP contribution in [0.4, 0.5) is 0 Å². The third kappa shape index (κ3) is 4.54. The first-order chi connectivity index (χ1) is 15.9. The van der Waals surface area contributed by atoms with E-state index in [0.717, 1.165) is 11.1 Å². The molecule has 0 unspecified atom stereocenters. The van der Waals surface area contributed by atoms with Gasteiger partial charge in [-0.25, -0.2) is 0 Å². The number of carbonyl (C=O) groups is 4. The first-order valence-electron chi connectivity index (χ1n) is 11.3. The molecule has 34 heavy (non-hydrogen) atoms. The first kappa shape index (κ1) is 25.0. The highest BCUT2D eigenvalue weighted by atomic mass is 16.1. The molecule has 4 nitrogen and oxygen atoms in total. The molecular formula is C30H30O4. The minimum absolute atomic E-state index is 0.0725. The zero-order valence-electron chi connectivity index (χ0n) is 20.2. The van der Waals surface area contributed by atoms with Crippen molar-refractivity contribution >= 4 is 23.1 Å². The maximum atomic E-state index is 12.8. The minimum atomic E-state index is -0.554. The van der Waals surface area contributed by atoms with Crippen LogP contribution in [-0.4, -0.2) is 23.1 Å². The van der Waals surface area contributed by atoms with Crippen molar-refractivity contribution in [1.82, 2.24) is 0 Å². The largest absolute Gasteiger partial charge is 0.294 e. The molecule has 0 fully saturated rings. The number of ketones is 4. The fourth-order valence-electron chi connectivity index (χ4n) is 4.54. The molecule has 0 bridgehead atoms. The highest BCUT2D eigenvalue weighted by Gasteiger charge is 2.35. The lowest BCUT2D eigenvalue weighted by Crippen LogP contribution is -2.30. The van der Waals surface area contributed by atoms with Crippen LogP contribution in [-0.2, 0) is 30.0 Å². The Hall–Kier alpha value is -3.66. The van der Waals surface area contributed by atoms with Gasteiger partial charge in [0.2, 0.25) is 0 Å². The van der Waals surface area contributed by atoms with Gasteiger partial charge in [0.15, 0.2) is 23.1 Å². The Balaban J connectivity index is 1.91. The van der Waals surface area contributed by atoms with E-state index in [1.807, 2.05) is 52.0 Å². The van der Waals surface area contributed by atoms with Crippen molar-refractivity contribution in [2.75, 3.05) is 0 Å². The number of Topliss-reactive ketones (excluding diaryl/α,β-unsaturated/α-hetero) is 2. The first-order valence-corrected chi connectivity index (χ1v) is 11.3. The van der Waals surface area contributed by atoms with E-state index in [4.69, 9.17) is 0 Å². The van der Waals surface area contributed by atoms with Crippen LogP contribution in [0.15, 0.2) is 96.2 Å². The SMILES string of the molecule is C=CC(=O)C1=CC=C(C(C)(C)c2ccc(C(C)(C)C3=CC=C(C(=O)C=C)CC3=O)cc2)C(=O)C1. The summed E-state index contributed by atoms with van der Waals surface area (Å²) >= 11 is 0. The highest BCUT2D eigenvalue weighted by molar-refractivity contribution is 6.13. The van der Waals surface area contributed by atoms with Gasteiger partial charge in [0.25, 0.3) is 0 Å². The second-order valence-corrected chi connectivity index (χ2v) is 9.71. The van der Waals surface area contributed by atoms with E-state index in [1.54, 1.807) is 24.3 Å². The summed E-state index contributed by atoms with van der Waals surface area (Å²) in [6.45, 7) is 14.9. The molecule has 2 aliphatic rings. The molecule has 3 rings (SSSR count). The summed E-state index contributed by atoms with van der Waals surface area (Å²) < 4.78 is 0. The van der Waals surface area contributed by atoms with Gasteiger partial charge in [-0.2, -0.15) is 0 Å². The van der Waals surface area contributed by atoms with Gasteiger partial charge in [0.05, 0.1) is 0 Å². The summed E-state index contributed by atoms with van der Waals surface area (Å²) in [6, 6.07) is 7.93. The van der Waals surface area contributed by atoms with E-state index in [-0.39, 0.29) is 36.0 Å². The number of carbonyl (C=O) groups excluding carboxylic acids is 4. The van der Waals surface area contributed by atoms with Crippen molar-refractivity contribution in [1.29, 1.82) is 0 Å². The van der Waals surface area contributed by atoms with Crippen molar-refractivity contribution in [3.8, 4) is 0 Å². The predicted molar refractivity (Wildman–Crippen MR) is 134 cm³/mol. The Labute approximate surface area is 201 Å². The monoisotopic (exact) mass is 454 g/mol. The van der Waals surface area contributed by atoms with Crippen LogP contribution >= 0.6 is 0 Å². The molecule has 0 aromatic heterocycles. The zero-order valence-corrected chi connectivity index (χ0v) is 20.2. The third-order valence-corrected chi connectivity index (χ3v) is 6.88. The standard InChI is InChI=1S/C30H30O4/c1-7-25(31)19-9-15-23(27(33)17-19)29(3,4)21-11-13-22(14-12-21)30(5,6)24-16-10-20(18-28(24)34)26(32)8-2/h7-16H,1-2,17-18H2,3-6H3. The zero-order chi connectivity index (χ0) is 25.3. The molecular weight excluding hydrogens is 424 g/mol. The Morgan fingerprint density at radius 2 is 1.00 bits per heavy atom. The third-order valence-electron chi connectivity index (χ3n) is 6.88. The number of hydrogen-bond acceptors (Lipinski definition) is 4. The molecule has 0 radical (unpaired) electrons. The molecule has 4 heteroatoms. The molecule has 1 aromatic rings. The van der Waals surface area contributed by atoms with Gasteiger partial charge in [-0.15, -0.1) is 0 Å². The molecule has 0 spiro atoms. The van der Waals surface area contributed by atoms with Crippen LogP contribution in [0.5, 0.6) is 0 Å². The van der Waals surface area contributed by atoms with E-state index in [0.29, 0.717) is 22.3 Å². The van der Waals surface area contributed by atoms with Crippen molar-refractivity contribution in [3.05, 3.63) is 107 Å². The van der Waals surface area contributed by atoms with E-state index in [1.165, 1.54) is 12.2 Å². The lowest BCUT2D eigenvalue weighted by atomic mass is 9.70. The van der Waals surface area contributed by atoms with Crippen LogP contribution in [0.1, 0.15) is 51.7 Å². The van der Waals surface area contributed by atoms with Crippen LogP contribution in [0.2, 0.25) is 0 Å². The number of benzene rings is 1. The smallest absolute Gasteiger partial charge is 0.181 e. The quantitative estimate of drug-likeness (QED) is 0.493. The summed E-state index contributed by atoms with van der Waals surface area (Å²) in [7, 11) is 0. The van der Waals surface area contributed by atoms with E-state index >= 15 is 0 Å². The molecule has 0 saturated carbocycles. The molecule has 174 valence electrons. The second kappa shape index (κ2) is 9.30. The van der Waals surface area contributed by atoms with Gasteiger partial charge in [-0.05, 0) is 23.3 Å². The molecule has 0 heterocycles. The molecule has 0 atom stereocenters. The average Bonchev–Trinajstić information content (AvgIpc) is 2.82. The van der Waals surface area contributed by atoms with Gasteiger partial charge in [0, 0.05) is 46.0 Å². The molecule has 0 aliphatic heterocycles. The van der Waals surface area contributed by atoms with Crippen LogP contribution < -0.4 is 0 Å². The summed E-state index contributed by atoms with van der Waals surface area (Å²) in [4.78, 5) is 49.4. The van der Waals surface area contributed by atoms with Gasteiger partial charge in [0.1, 0.15) is 0 Å². The lowest BCUT2D eigenvalue weighted by Gasteiger charge is -2.32. The maximum Gasteiger partial charge on any atom is 0.181 e. The van der Waals surface area contributed by atoms with Gasteiger partial charge >= 0.3 is 0 Å². The van der Waals surface area contributed by atoms with Gasteiger partial charge in [-0.1, -0.05) is 89.4 Å². The summed E-state index contributed by atoms with van der Waals surface area (Å²) in [5.41, 5.74) is 3.01. The number of allylic oxidation sites excluding steroid dienone is 10. The maximum absolute atomic E-state index is 12.8. The number of rotatable bonds is 8. The van der Waals surface area contributed by atoms with E-state index in [2.05, 4.69) is 13.2 Å². The van der Waals surface area contributed by atoms with Crippen LogP contribution in [0.3, 0.4) is 0 Å². The molecule has 0 N–H and O–H groups in total. The Kier molecular flexibility index (Phi) is 6.83. The van der Waals surface area contributed by atoms with Crippen LogP contribution in [0, 0.1) is 0 Å². The molecule has 0 amide bonds.